The SMILES string of the molecule is C[C]=C(C#N)CF. The Hall–Kier alpha value is -0.840. The van der Waals surface area contributed by atoms with Crippen LogP contribution in [0.4, 0.5) is 4.39 Å². The lowest BCUT2D eigenvalue weighted by molar-refractivity contribution is 0.549. The predicted molar refractivity (Wildman–Crippen MR) is 24.0 cm³/mol. The zero-order chi connectivity index (χ0) is 5.70. The summed E-state index contributed by atoms with van der Waals surface area (Å²) in [4.78, 5) is 0. The van der Waals surface area contributed by atoms with Gasteiger partial charge in [-0.15, -0.1) is 0 Å². The first-order chi connectivity index (χ1) is 3.35. The summed E-state index contributed by atoms with van der Waals surface area (Å²) in [7, 11) is 0. The molecule has 1 nitrogen and oxygen atoms in total. The summed E-state index contributed by atoms with van der Waals surface area (Å²) in [5, 5.41) is 7.94. The first kappa shape index (κ1) is 6.16. The van der Waals surface area contributed by atoms with Crippen LogP contribution in [0.1, 0.15) is 6.92 Å². The van der Waals surface area contributed by atoms with Crippen molar-refractivity contribution in [3.8, 4) is 6.07 Å². The Labute approximate surface area is 42.1 Å². The maximum atomic E-state index is 11.3. The summed E-state index contributed by atoms with van der Waals surface area (Å²) in [5.74, 6) is 0. The van der Waals surface area contributed by atoms with Crippen LogP contribution >= 0.6 is 0 Å². The van der Waals surface area contributed by atoms with E-state index in [-0.39, 0.29) is 5.57 Å². The second-order valence-electron chi connectivity index (χ2n) is 0.974. The molecule has 0 saturated carbocycles. The minimum absolute atomic E-state index is 0.0694. The number of rotatable bonds is 1. The highest BCUT2D eigenvalue weighted by molar-refractivity contribution is 5.16. The molecule has 0 heterocycles. The molecule has 0 aromatic rings. The molecule has 0 atom stereocenters. The molecule has 0 aliphatic heterocycles. The van der Waals surface area contributed by atoms with Gasteiger partial charge in [0.25, 0.3) is 0 Å². The second kappa shape index (κ2) is 3.35. The summed E-state index contributed by atoms with van der Waals surface area (Å²) >= 11 is 0. The van der Waals surface area contributed by atoms with E-state index in [9.17, 15) is 4.39 Å². The highest BCUT2D eigenvalue weighted by atomic mass is 19.1. The van der Waals surface area contributed by atoms with Crippen LogP contribution in [-0.2, 0) is 0 Å². The molecule has 0 amide bonds. The Morgan fingerprint density at radius 1 is 1.86 bits per heavy atom. The highest BCUT2D eigenvalue weighted by Crippen LogP contribution is 1.88. The smallest absolute Gasteiger partial charge is 0.125 e. The monoisotopic (exact) mass is 98.0 g/mol. The van der Waals surface area contributed by atoms with E-state index in [2.05, 4.69) is 6.08 Å². The van der Waals surface area contributed by atoms with Gasteiger partial charge in [0.1, 0.15) is 6.67 Å². The van der Waals surface area contributed by atoms with Crippen LogP contribution in [0.25, 0.3) is 0 Å². The Kier molecular flexibility index (Phi) is 2.95. The van der Waals surface area contributed by atoms with E-state index in [1.54, 1.807) is 6.07 Å². The molecule has 0 N–H and O–H groups in total. The quantitative estimate of drug-likeness (QED) is 0.452. The Balaban J connectivity index is 3.68. The topological polar surface area (TPSA) is 23.8 Å². The summed E-state index contributed by atoms with van der Waals surface area (Å²) in [6.45, 7) is 0.811. The van der Waals surface area contributed by atoms with Crippen LogP contribution in [0.5, 0.6) is 0 Å². The standard InChI is InChI=1S/C5H5FN/c1-2-5(3-6)4-7/h3H2,1H3. The van der Waals surface area contributed by atoms with Crippen LogP contribution in [0.2, 0.25) is 0 Å². The van der Waals surface area contributed by atoms with Crippen LogP contribution in [-0.4, -0.2) is 6.67 Å². The van der Waals surface area contributed by atoms with Crippen molar-refractivity contribution in [3.05, 3.63) is 11.6 Å². The van der Waals surface area contributed by atoms with Gasteiger partial charge >= 0.3 is 0 Å². The first-order valence-electron chi connectivity index (χ1n) is 1.84. The lowest BCUT2D eigenvalue weighted by atomic mass is 10.3. The molecule has 0 aromatic heterocycles. The van der Waals surface area contributed by atoms with Gasteiger partial charge in [-0.3, -0.25) is 0 Å². The van der Waals surface area contributed by atoms with Gasteiger partial charge in [-0.2, -0.15) is 5.26 Å². The largest absolute Gasteiger partial charge is 0.245 e. The zero-order valence-electron chi connectivity index (χ0n) is 4.03. The molecule has 0 rings (SSSR count). The summed E-state index contributed by atoms with van der Waals surface area (Å²) < 4.78 is 11.3. The molecule has 0 bridgehead atoms. The Bertz CT molecular complexity index is 110. The van der Waals surface area contributed by atoms with Crippen molar-refractivity contribution in [3.63, 3.8) is 0 Å². The van der Waals surface area contributed by atoms with Crippen molar-refractivity contribution < 1.29 is 4.39 Å². The fraction of sp³-hybridized carbons (Fsp3) is 0.400. The van der Waals surface area contributed by atoms with Gasteiger partial charge in [0.05, 0.1) is 11.6 Å². The minimum Gasteiger partial charge on any atom is -0.245 e. The molecular weight excluding hydrogens is 93.1 g/mol. The van der Waals surface area contributed by atoms with Crippen LogP contribution < -0.4 is 0 Å². The number of allylic oxidation sites excluding steroid dienone is 2. The fourth-order valence-corrected chi connectivity index (χ4v) is 0.153. The molecule has 2 heteroatoms. The molecule has 0 aromatic carbocycles. The van der Waals surface area contributed by atoms with Crippen molar-refractivity contribution in [2.45, 2.75) is 6.92 Å². The van der Waals surface area contributed by atoms with Gasteiger partial charge in [-0.05, 0) is 13.0 Å². The van der Waals surface area contributed by atoms with Crippen molar-refractivity contribution >= 4 is 0 Å². The molecule has 1 radical (unpaired) electrons. The van der Waals surface area contributed by atoms with Crippen LogP contribution in [0, 0.1) is 17.4 Å². The number of nitrogens with zero attached hydrogens (tertiary/aromatic N) is 1. The Morgan fingerprint density at radius 2 is 2.43 bits per heavy atom. The van der Waals surface area contributed by atoms with E-state index in [1.807, 2.05) is 0 Å². The lowest BCUT2D eigenvalue weighted by Gasteiger charge is -1.77. The van der Waals surface area contributed by atoms with E-state index >= 15 is 0 Å². The maximum absolute atomic E-state index is 11.3. The van der Waals surface area contributed by atoms with Gasteiger partial charge < -0.3 is 0 Å². The Morgan fingerprint density at radius 3 is 2.43 bits per heavy atom. The summed E-state index contributed by atoms with van der Waals surface area (Å²) in [5.41, 5.74) is 0.0694. The first-order valence-corrected chi connectivity index (χ1v) is 1.84. The molecule has 0 saturated heterocycles. The molecule has 37 valence electrons. The number of hydrogen-bond donors (Lipinski definition) is 0. The lowest BCUT2D eigenvalue weighted by Crippen LogP contribution is -1.76. The van der Waals surface area contributed by atoms with Crippen molar-refractivity contribution in [2.24, 2.45) is 0 Å². The number of alkyl halides is 1. The predicted octanol–water partition coefficient (Wildman–Crippen LogP) is 1.23. The third-order valence-corrected chi connectivity index (χ3v) is 0.570. The van der Waals surface area contributed by atoms with Crippen molar-refractivity contribution in [1.82, 2.24) is 0 Å². The average Bonchev–Trinajstić information content (AvgIpc) is 1.72. The maximum Gasteiger partial charge on any atom is 0.125 e. The average molecular weight is 98.1 g/mol. The van der Waals surface area contributed by atoms with Gasteiger partial charge in [0.15, 0.2) is 0 Å². The van der Waals surface area contributed by atoms with E-state index in [1.165, 1.54) is 6.92 Å². The van der Waals surface area contributed by atoms with E-state index in [0.717, 1.165) is 0 Å². The molecule has 0 aliphatic carbocycles. The van der Waals surface area contributed by atoms with Crippen LogP contribution in [0.15, 0.2) is 5.57 Å². The minimum atomic E-state index is -0.701. The van der Waals surface area contributed by atoms with E-state index in [0.29, 0.717) is 0 Å². The summed E-state index contributed by atoms with van der Waals surface area (Å²) in [6.07, 6.45) is 2.38. The van der Waals surface area contributed by atoms with Gasteiger partial charge in [0, 0.05) is 0 Å². The van der Waals surface area contributed by atoms with E-state index < -0.39 is 6.67 Å². The van der Waals surface area contributed by atoms with E-state index in [4.69, 9.17) is 5.26 Å². The molecule has 0 aliphatic rings. The van der Waals surface area contributed by atoms with Gasteiger partial charge in [-0.1, -0.05) is 0 Å². The number of nitriles is 1. The van der Waals surface area contributed by atoms with Crippen molar-refractivity contribution in [1.29, 1.82) is 5.26 Å². The molecular formula is C5H5FN. The number of halogens is 1. The number of hydrogen-bond acceptors (Lipinski definition) is 1. The highest BCUT2D eigenvalue weighted by Gasteiger charge is 1.86. The molecule has 0 spiro atoms. The van der Waals surface area contributed by atoms with Gasteiger partial charge in [-0.25, -0.2) is 4.39 Å². The van der Waals surface area contributed by atoms with Crippen molar-refractivity contribution in [2.75, 3.05) is 6.67 Å². The fourth-order valence-electron chi connectivity index (χ4n) is 0.153. The third kappa shape index (κ3) is 1.94. The second-order valence-corrected chi connectivity index (χ2v) is 0.974. The summed E-state index contributed by atoms with van der Waals surface area (Å²) in [6, 6.07) is 1.63. The van der Waals surface area contributed by atoms with Gasteiger partial charge in [0.2, 0.25) is 0 Å². The molecule has 7 heavy (non-hydrogen) atoms. The third-order valence-electron chi connectivity index (χ3n) is 0.570. The molecule has 0 fully saturated rings. The van der Waals surface area contributed by atoms with Crippen LogP contribution in [0.3, 0.4) is 0 Å². The normalized spacial score (nSPS) is 10.7. The molecule has 0 unspecified atom stereocenters. The zero-order valence-corrected chi connectivity index (χ0v) is 4.03.